The molecule has 114 valence electrons. The predicted octanol–water partition coefficient (Wildman–Crippen LogP) is 4.27. The lowest BCUT2D eigenvalue weighted by molar-refractivity contribution is -0.122. The smallest absolute Gasteiger partial charge is 0.294 e. The lowest BCUT2D eigenvalue weighted by Crippen LogP contribution is -2.28. The number of thioether (sulfide) groups is 1. The van der Waals surface area contributed by atoms with Gasteiger partial charge in [-0.05, 0) is 48.2 Å². The van der Waals surface area contributed by atoms with Crippen LogP contribution in [0.2, 0.25) is 5.02 Å². The first-order valence-electron chi connectivity index (χ1n) is 6.63. The van der Waals surface area contributed by atoms with Gasteiger partial charge in [0.05, 0.1) is 11.4 Å². The highest BCUT2D eigenvalue weighted by molar-refractivity contribution is 8.18. The molecule has 3 rings (SSSR count). The zero-order valence-corrected chi connectivity index (χ0v) is 13.4. The van der Waals surface area contributed by atoms with E-state index in [1.807, 2.05) is 12.1 Å². The van der Waals surface area contributed by atoms with Crippen LogP contribution in [0.4, 0.5) is 4.79 Å². The maximum Gasteiger partial charge on any atom is 0.294 e. The number of nitrogens with zero attached hydrogens (tertiary/aromatic N) is 1. The minimum absolute atomic E-state index is 0.0316. The van der Waals surface area contributed by atoms with Gasteiger partial charge in [0.25, 0.3) is 11.1 Å². The molecule has 0 bridgehead atoms. The summed E-state index contributed by atoms with van der Waals surface area (Å²) in [6.07, 6.45) is 6.70. The molecule has 0 atom stereocenters. The van der Waals surface area contributed by atoms with Gasteiger partial charge in [-0.2, -0.15) is 0 Å². The minimum atomic E-state index is -0.401. The summed E-state index contributed by atoms with van der Waals surface area (Å²) in [6, 6.07) is 10.7. The number of carbonyl (C=O) groups excluding carboxylic acids is 2. The molecule has 1 aromatic carbocycles. The monoisotopic (exact) mass is 343 g/mol. The number of furan rings is 1. The quantitative estimate of drug-likeness (QED) is 0.617. The number of benzene rings is 1. The van der Waals surface area contributed by atoms with Crippen LogP contribution in [0.5, 0.6) is 0 Å². The highest BCUT2D eigenvalue weighted by Crippen LogP contribution is 2.33. The lowest BCUT2D eigenvalue weighted by Gasteiger charge is -2.06. The maximum absolute atomic E-state index is 12.1. The number of halogens is 1. The van der Waals surface area contributed by atoms with Gasteiger partial charge in [0.15, 0.2) is 0 Å². The van der Waals surface area contributed by atoms with Crippen molar-refractivity contribution in [3.63, 3.8) is 0 Å². The summed E-state index contributed by atoms with van der Waals surface area (Å²) in [5, 5.41) is 0.270. The van der Waals surface area contributed by atoms with Crippen molar-refractivity contribution in [1.29, 1.82) is 0 Å². The average molecular weight is 344 g/mol. The molecule has 4 nitrogen and oxygen atoms in total. The Bertz CT molecular complexity index is 845. The Hall–Kier alpha value is -2.42. The van der Waals surface area contributed by atoms with E-state index in [4.69, 9.17) is 22.4 Å². The van der Waals surface area contributed by atoms with Crippen LogP contribution in [0.25, 0.3) is 17.4 Å². The number of hydrogen-bond acceptors (Lipinski definition) is 4. The Morgan fingerprint density at radius 2 is 1.96 bits per heavy atom. The van der Waals surface area contributed by atoms with Crippen molar-refractivity contribution in [2.45, 2.75) is 0 Å². The van der Waals surface area contributed by atoms with Gasteiger partial charge in [0.1, 0.15) is 11.5 Å². The minimum Gasteiger partial charge on any atom is -0.457 e. The first-order chi connectivity index (χ1) is 11.1. The molecule has 1 aliphatic rings. The van der Waals surface area contributed by atoms with E-state index in [9.17, 15) is 9.59 Å². The summed E-state index contributed by atoms with van der Waals surface area (Å²) in [7, 11) is 0. The van der Waals surface area contributed by atoms with Gasteiger partial charge in [-0.3, -0.25) is 14.5 Å². The van der Waals surface area contributed by atoms with E-state index in [0.717, 1.165) is 22.2 Å². The van der Waals surface area contributed by atoms with Crippen LogP contribution in [-0.2, 0) is 4.79 Å². The third kappa shape index (κ3) is 3.19. The maximum atomic E-state index is 12.1. The van der Waals surface area contributed by atoms with Crippen LogP contribution >= 0.6 is 23.4 Å². The molecule has 1 aliphatic heterocycles. The average Bonchev–Trinajstić information content (AvgIpc) is 3.09. The zero-order chi connectivity index (χ0) is 16.4. The Balaban J connectivity index is 1.84. The van der Waals surface area contributed by atoms with Gasteiger partial charge in [0, 0.05) is 16.7 Å². The normalized spacial score (nSPS) is 16.2. The molecule has 1 saturated heterocycles. The molecule has 0 aliphatic carbocycles. The van der Waals surface area contributed by atoms with Crippen LogP contribution in [0.1, 0.15) is 5.76 Å². The van der Waals surface area contributed by atoms with Crippen molar-refractivity contribution in [1.82, 2.24) is 4.90 Å². The molecular weight excluding hydrogens is 334 g/mol. The Morgan fingerprint density at radius 1 is 1.22 bits per heavy atom. The van der Waals surface area contributed by atoms with Crippen LogP contribution < -0.4 is 0 Å². The van der Waals surface area contributed by atoms with E-state index in [1.165, 1.54) is 0 Å². The molecule has 2 aromatic rings. The standard InChI is InChI=1S/C17H10ClNO3S/c1-2-9-19-16(20)15(23-17(19)21)10-13-7-8-14(22-13)11-3-5-12(18)6-4-11/h1,3-8,10H,9H2/b15-10+. The molecule has 1 aromatic heterocycles. The van der Waals surface area contributed by atoms with E-state index < -0.39 is 5.91 Å². The molecule has 0 unspecified atom stereocenters. The van der Waals surface area contributed by atoms with E-state index in [-0.39, 0.29) is 11.8 Å². The number of carbonyl (C=O) groups is 2. The summed E-state index contributed by atoms with van der Waals surface area (Å²) in [5.41, 5.74) is 0.870. The van der Waals surface area contributed by atoms with E-state index in [0.29, 0.717) is 21.4 Å². The number of rotatable bonds is 3. The summed E-state index contributed by atoms with van der Waals surface area (Å²) >= 11 is 6.70. The van der Waals surface area contributed by atoms with Gasteiger partial charge >= 0.3 is 0 Å². The molecule has 0 spiro atoms. The fraction of sp³-hybridized carbons (Fsp3) is 0.0588. The highest BCUT2D eigenvalue weighted by atomic mass is 35.5. The van der Waals surface area contributed by atoms with Crippen LogP contribution in [-0.4, -0.2) is 22.6 Å². The first kappa shape index (κ1) is 15.5. The van der Waals surface area contributed by atoms with Crippen molar-refractivity contribution < 1.29 is 14.0 Å². The second kappa shape index (κ2) is 6.37. The Kier molecular flexibility index (Phi) is 4.28. The van der Waals surface area contributed by atoms with Crippen LogP contribution in [0.3, 0.4) is 0 Å². The lowest BCUT2D eigenvalue weighted by atomic mass is 10.2. The van der Waals surface area contributed by atoms with Crippen molar-refractivity contribution in [3.05, 3.63) is 52.1 Å². The van der Waals surface area contributed by atoms with Crippen LogP contribution in [0.15, 0.2) is 45.7 Å². The fourth-order valence-corrected chi connectivity index (χ4v) is 3.00. The first-order valence-corrected chi connectivity index (χ1v) is 7.82. The summed E-state index contributed by atoms with van der Waals surface area (Å²) in [4.78, 5) is 25.1. The number of amides is 2. The second-order valence-electron chi connectivity index (χ2n) is 4.68. The van der Waals surface area contributed by atoms with E-state index >= 15 is 0 Å². The van der Waals surface area contributed by atoms with Gasteiger partial charge in [-0.15, -0.1) is 6.42 Å². The van der Waals surface area contributed by atoms with E-state index in [2.05, 4.69) is 5.92 Å². The Labute approximate surface area is 142 Å². The third-order valence-corrected chi connectivity index (χ3v) is 4.31. The Morgan fingerprint density at radius 3 is 2.65 bits per heavy atom. The van der Waals surface area contributed by atoms with Crippen molar-refractivity contribution >= 4 is 40.6 Å². The summed E-state index contributed by atoms with van der Waals surface area (Å²) in [5.74, 6) is 3.03. The molecular formula is C17H10ClNO3S. The molecule has 2 amide bonds. The van der Waals surface area contributed by atoms with Gasteiger partial charge in [0.2, 0.25) is 0 Å². The van der Waals surface area contributed by atoms with Gasteiger partial charge < -0.3 is 4.42 Å². The number of imide groups is 1. The number of hydrogen-bond donors (Lipinski definition) is 0. The molecule has 1 fully saturated rings. The fourth-order valence-electron chi connectivity index (χ4n) is 2.06. The SMILES string of the molecule is C#CCN1C(=O)S/C(=C/c2ccc(-c3ccc(Cl)cc3)o2)C1=O. The molecule has 0 saturated carbocycles. The summed E-state index contributed by atoms with van der Waals surface area (Å²) < 4.78 is 5.70. The molecule has 0 radical (unpaired) electrons. The highest BCUT2D eigenvalue weighted by Gasteiger charge is 2.34. The van der Waals surface area contributed by atoms with Gasteiger partial charge in [-0.25, -0.2) is 0 Å². The molecule has 2 heterocycles. The number of terminal acetylenes is 1. The summed E-state index contributed by atoms with van der Waals surface area (Å²) in [6.45, 7) is -0.0316. The topological polar surface area (TPSA) is 50.5 Å². The van der Waals surface area contributed by atoms with Crippen molar-refractivity contribution in [3.8, 4) is 23.7 Å². The third-order valence-electron chi connectivity index (χ3n) is 3.15. The van der Waals surface area contributed by atoms with Crippen LogP contribution in [0, 0.1) is 12.3 Å². The molecule has 23 heavy (non-hydrogen) atoms. The molecule has 6 heteroatoms. The second-order valence-corrected chi connectivity index (χ2v) is 6.11. The van der Waals surface area contributed by atoms with Crippen molar-refractivity contribution in [2.24, 2.45) is 0 Å². The predicted molar refractivity (Wildman–Crippen MR) is 90.7 cm³/mol. The molecule has 0 N–H and O–H groups in total. The largest absolute Gasteiger partial charge is 0.457 e. The van der Waals surface area contributed by atoms with Gasteiger partial charge in [-0.1, -0.05) is 17.5 Å². The van der Waals surface area contributed by atoms with E-state index in [1.54, 1.807) is 30.3 Å². The zero-order valence-electron chi connectivity index (χ0n) is 11.8. The van der Waals surface area contributed by atoms with Crippen molar-refractivity contribution in [2.75, 3.05) is 6.54 Å².